The second-order valence-electron chi connectivity index (χ2n) is 8.04. The molecule has 0 fully saturated rings. The molecule has 0 radical (unpaired) electrons. The van der Waals surface area contributed by atoms with Crippen molar-refractivity contribution in [2.75, 3.05) is 37.2 Å². The van der Waals surface area contributed by atoms with Gasteiger partial charge in [-0.25, -0.2) is 0 Å². The maximum atomic E-state index is 12.0. The van der Waals surface area contributed by atoms with Crippen LogP contribution in [-0.2, 0) is 21.7 Å². The molecular weight excluding hydrogens is 480 g/mol. The molecule has 2 aromatic rings. The third kappa shape index (κ3) is 11.1. The van der Waals surface area contributed by atoms with E-state index in [1.807, 2.05) is 55.1 Å². The highest BCUT2D eigenvalue weighted by Gasteiger charge is 2.19. The first kappa shape index (κ1) is 31.0. The highest BCUT2D eigenvalue weighted by atomic mass is 35.5. The summed E-state index contributed by atoms with van der Waals surface area (Å²) in [6.45, 7) is 12.7. The van der Waals surface area contributed by atoms with Crippen LogP contribution in [0.25, 0.3) is 0 Å². The molecule has 7 heteroatoms. The van der Waals surface area contributed by atoms with Crippen LogP contribution in [0.15, 0.2) is 48.5 Å². The lowest BCUT2D eigenvalue weighted by Gasteiger charge is -2.25. The maximum absolute atomic E-state index is 12.0. The monoisotopic (exact) mass is 520 g/mol. The normalized spacial score (nSPS) is 10.3. The Morgan fingerprint density at radius 3 is 2.14 bits per heavy atom. The quantitative estimate of drug-likeness (QED) is 0.218. The van der Waals surface area contributed by atoms with Crippen molar-refractivity contribution in [3.05, 3.63) is 65.2 Å². The number of halogens is 1. The van der Waals surface area contributed by atoms with Gasteiger partial charge in [0.2, 0.25) is 5.91 Å². The molecule has 194 valence electrons. The number of anilines is 1. The molecule has 0 saturated heterocycles. The fraction of sp³-hybridized carbons (Fsp3) is 0.500. The summed E-state index contributed by atoms with van der Waals surface area (Å²) < 4.78 is 5.37. The smallest absolute Gasteiger partial charge is 0.281 e. The molecule has 0 aliphatic rings. The first-order valence-electron chi connectivity index (χ1n) is 12.4. The predicted molar refractivity (Wildman–Crippen MR) is 151 cm³/mol. The number of para-hydroxylation sites is 1. The predicted octanol–water partition coefficient (Wildman–Crippen LogP) is 7.29. The van der Waals surface area contributed by atoms with Gasteiger partial charge in [0.15, 0.2) is 0 Å². The van der Waals surface area contributed by atoms with Crippen molar-refractivity contribution < 1.29 is 14.3 Å². The lowest BCUT2D eigenvalue weighted by atomic mass is 10.0. The molecule has 0 heterocycles. The summed E-state index contributed by atoms with van der Waals surface area (Å²) in [6.07, 6.45) is 2.92. The lowest BCUT2D eigenvalue weighted by Crippen LogP contribution is -2.35. The third-order valence-corrected chi connectivity index (χ3v) is 6.47. The van der Waals surface area contributed by atoms with E-state index in [1.165, 1.54) is 17.3 Å². The summed E-state index contributed by atoms with van der Waals surface area (Å²) in [5.74, 6) is 0.600. The zero-order valence-electron chi connectivity index (χ0n) is 21.9. The molecule has 5 nitrogen and oxygen atoms in total. The minimum atomic E-state index is -0.130. The Morgan fingerprint density at radius 2 is 1.60 bits per heavy atom. The highest BCUT2D eigenvalue weighted by Crippen LogP contribution is 2.26. The van der Waals surface area contributed by atoms with Crippen molar-refractivity contribution >= 4 is 40.2 Å². The second kappa shape index (κ2) is 18.3. The standard InChI is InChI=1S/C14H20ClNO2.C14H21NOS/c1-4-12-8-6-7-11(3)14(12)16(10-18-5-2)13(17)9-15;1-3-10-15(11-4-2)14(16)17-12-13-8-6-5-7-9-13/h6-8H,4-5,9-10H2,1-3H3;5-9H,3-4,10-12H2,1-2H3. The molecule has 0 atom stereocenters. The molecule has 0 aliphatic carbocycles. The number of hydrogen-bond acceptors (Lipinski definition) is 4. The molecule has 2 amide bonds. The fourth-order valence-electron chi connectivity index (χ4n) is 3.55. The van der Waals surface area contributed by atoms with E-state index in [-0.39, 0.29) is 23.8 Å². The second-order valence-corrected chi connectivity index (χ2v) is 9.23. The number of carbonyl (C=O) groups is 2. The van der Waals surface area contributed by atoms with E-state index in [4.69, 9.17) is 16.3 Å². The van der Waals surface area contributed by atoms with Gasteiger partial charge in [0.05, 0.1) is 5.69 Å². The van der Waals surface area contributed by atoms with E-state index in [9.17, 15) is 9.59 Å². The Labute approximate surface area is 221 Å². The van der Waals surface area contributed by atoms with Crippen molar-refractivity contribution in [2.45, 2.75) is 59.6 Å². The van der Waals surface area contributed by atoms with Gasteiger partial charge in [-0.1, -0.05) is 81.1 Å². The minimum absolute atomic E-state index is 0.0371. The van der Waals surface area contributed by atoms with Crippen molar-refractivity contribution in [1.29, 1.82) is 0 Å². The van der Waals surface area contributed by atoms with E-state index in [0.717, 1.165) is 54.9 Å². The van der Waals surface area contributed by atoms with Crippen LogP contribution in [0.1, 0.15) is 57.2 Å². The average Bonchev–Trinajstić information content (AvgIpc) is 2.88. The van der Waals surface area contributed by atoms with Gasteiger partial charge in [-0.2, -0.15) is 0 Å². The van der Waals surface area contributed by atoms with Crippen LogP contribution in [0.5, 0.6) is 0 Å². The molecule has 2 aromatic carbocycles. The fourth-order valence-corrected chi connectivity index (χ4v) is 4.54. The van der Waals surface area contributed by atoms with Gasteiger partial charge in [0, 0.05) is 25.4 Å². The molecule has 0 N–H and O–H groups in total. The summed E-state index contributed by atoms with van der Waals surface area (Å²) in [7, 11) is 0. The molecule has 35 heavy (non-hydrogen) atoms. The molecule has 2 rings (SSSR count). The van der Waals surface area contributed by atoms with Crippen LogP contribution in [0, 0.1) is 6.92 Å². The highest BCUT2D eigenvalue weighted by molar-refractivity contribution is 8.12. The number of carbonyl (C=O) groups excluding carboxylic acids is 2. The van der Waals surface area contributed by atoms with E-state index >= 15 is 0 Å². The molecule has 0 bridgehead atoms. The Morgan fingerprint density at radius 1 is 0.943 bits per heavy atom. The van der Waals surface area contributed by atoms with Gasteiger partial charge in [-0.15, -0.1) is 11.6 Å². The molecule has 0 spiro atoms. The van der Waals surface area contributed by atoms with E-state index in [0.29, 0.717) is 6.61 Å². The zero-order chi connectivity index (χ0) is 26.1. The maximum Gasteiger partial charge on any atom is 0.281 e. The first-order chi connectivity index (χ1) is 16.9. The topological polar surface area (TPSA) is 49.9 Å². The first-order valence-corrected chi connectivity index (χ1v) is 13.9. The van der Waals surface area contributed by atoms with Crippen LogP contribution >= 0.6 is 23.4 Å². The van der Waals surface area contributed by atoms with Crippen molar-refractivity contribution in [3.8, 4) is 0 Å². The number of nitrogens with zero attached hydrogens (tertiary/aromatic N) is 2. The number of rotatable bonds is 12. The lowest BCUT2D eigenvalue weighted by molar-refractivity contribution is -0.117. The molecular formula is C28H41ClN2O3S. The van der Waals surface area contributed by atoms with Crippen molar-refractivity contribution in [3.63, 3.8) is 0 Å². The molecule has 0 saturated carbocycles. The summed E-state index contributed by atoms with van der Waals surface area (Å²) in [4.78, 5) is 27.5. The number of benzene rings is 2. The number of hydrogen-bond donors (Lipinski definition) is 0. The molecule has 0 unspecified atom stereocenters. The van der Waals surface area contributed by atoms with Gasteiger partial charge < -0.3 is 9.64 Å². The Balaban J connectivity index is 0.000000351. The molecule has 0 aromatic heterocycles. The van der Waals surface area contributed by atoms with Crippen LogP contribution in [0.4, 0.5) is 10.5 Å². The van der Waals surface area contributed by atoms with Crippen molar-refractivity contribution in [1.82, 2.24) is 4.90 Å². The Kier molecular flexibility index (Phi) is 16.2. The third-order valence-electron chi connectivity index (χ3n) is 5.26. The van der Waals surface area contributed by atoms with Crippen LogP contribution in [0.2, 0.25) is 0 Å². The van der Waals surface area contributed by atoms with Gasteiger partial charge in [0.1, 0.15) is 12.6 Å². The average molecular weight is 521 g/mol. The largest absolute Gasteiger partial charge is 0.361 e. The van der Waals surface area contributed by atoms with Crippen LogP contribution < -0.4 is 4.90 Å². The Bertz CT molecular complexity index is 874. The summed E-state index contributed by atoms with van der Waals surface area (Å²) in [6, 6.07) is 16.2. The van der Waals surface area contributed by atoms with Gasteiger partial charge >= 0.3 is 0 Å². The number of amides is 2. The summed E-state index contributed by atoms with van der Waals surface area (Å²) >= 11 is 7.08. The summed E-state index contributed by atoms with van der Waals surface area (Å²) in [5, 5.41) is 0.206. The number of ether oxygens (including phenoxy) is 1. The van der Waals surface area contributed by atoms with E-state index in [2.05, 4.69) is 32.9 Å². The number of alkyl halides is 1. The number of aryl methyl sites for hydroxylation is 2. The SMILES string of the molecule is CCCN(CCC)C(=O)SCc1ccccc1.CCOCN(C(=O)CCl)c1c(C)cccc1CC. The Hall–Kier alpha value is -2.02. The van der Waals surface area contributed by atoms with E-state index in [1.54, 1.807) is 4.90 Å². The van der Waals surface area contributed by atoms with Crippen LogP contribution in [-0.4, -0.2) is 48.4 Å². The summed E-state index contributed by atoms with van der Waals surface area (Å²) in [5.41, 5.74) is 4.33. The van der Waals surface area contributed by atoms with E-state index < -0.39 is 0 Å². The van der Waals surface area contributed by atoms with Gasteiger partial charge in [0.25, 0.3) is 5.24 Å². The van der Waals surface area contributed by atoms with Crippen LogP contribution in [0.3, 0.4) is 0 Å². The number of thioether (sulfide) groups is 1. The minimum Gasteiger partial charge on any atom is -0.361 e. The zero-order valence-corrected chi connectivity index (χ0v) is 23.5. The van der Waals surface area contributed by atoms with Crippen molar-refractivity contribution in [2.24, 2.45) is 0 Å². The molecule has 0 aliphatic heterocycles. The van der Waals surface area contributed by atoms with Gasteiger partial charge in [-0.05, 0) is 49.8 Å². The van der Waals surface area contributed by atoms with Gasteiger partial charge in [-0.3, -0.25) is 14.5 Å².